The third-order valence-corrected chi connectivity index (χ3v) is 3.06. The van der Waals surface area contributed by atoms with Gasteiger partial charge < -0.3 is 10.6 Å². The minimum absolute atomic E-state index is 0.0814. The van der Waals surface area contributed by atoms with Crippen molar-refractivity contribution >= 4 is 21.8 Å². The summed E-state index contributed by atoms with van der Waals surface area (Å²) in [6.45, 7) is 10.0. The van der Waals surface area contributed by atoms with Crippen LogP contribution in [0.2, 0.25) is 0 Å². The van der Waals surface area contributed by atoms with Gasteiger partial charge in [-0.05, 0) is 22.9 Å². The SMILES string of the molecule is CC(Cn1cc(Br)cn1)NCCNC(=O)C(C)(C)C. The van der Waals surface area contributed by atoms with Crippen molar-refractivity contribution in [2.24, 2.45) is 5.41 Å². The first kappa shape index (κ1) is 16.2. The summed E-state index contributed by atoms with van der Waals surface area (Å²) in [4.78, 5) is 11.6. The molecule has 6 heteroatoms. The molecule has 1 unspecified atom stereocenters. The van der Waals surface area contributed by atoms with Gasteiger partial charge in [0.2, 0.25) is 5.91 Å². The number of aromatic nitrogens is 2. The minimum Gasteiger partial charge on any atom is -0.354 e. The number of halogens is 1. The first-order chi connectivity index (χ1) is 8.79. The number of carbonyl (C=O) groups excluding carboxylic acids is 1. The molecule has 0 aliphatic heterocycles. The van der Waals surface area contributed by atoms with Crippen molar-refractivity contribution < 1.29 is 4.79 Å². The van der Waals surface area contributed by atoms with Gasteiger partial charge in [0.1, 0.15) is 0 Å². The highest BCUT2D eigenvalue weighted by Gasteiger charge is 2.20. The van der Waals surface area contributed by atoms with Crippen LogP contribution in [0.1, 0.15) is 27.7 Å². The average molecular weight is 331 g/mol. The lowest BCUT2D eigenvalue weighted by Gasteiger charge is -2.19. The molecule has 0 fully saturated rings. The lowest BCUT2D eigenvalue weighted by atomic mass is 9.96. The van der Waals surface area contributed by atoms with Crippen LogP contribution in [0.5, 0.6) is 0 Å². The highest BCUT2D eigenvalue weighted by molar-refractivity contribution is 9.10. The Kier molecular flexibility index (Phi) is 6.00. The van der Waals surface area contributed by atoms with Gasteiger partial charge in [-0.15, -0.1) is 0 Å². The molecule has 0 radical (unpaired) electrons. The van der Waals surface area contributed by atoms with Crippen LogP contribution in [0.4, 0.5) is 0 Å². The highest BCUT2D eigenvalue weighted by atomic mass is 79.9. The predicted octanol–water partition coefficient (Wildman–Crippen LogP) is 1.79. The van der Waals surface area contributed by atoms with Crippen LogP contribution in [0, 0.1) is 5.41 Å². The minimum atomic E-state index is -0.326. The van der Waals surface area contributed by atoms with Crippen molar-refractivity contribution in [3.8, 4) is 0 Å². The second kappa shape index (κ2) is 7.05. The Bertz CT molecular complexity index is 411. The van der Waals surface area contributed by atoms with Gasteiger partial charge in [-0.3, -0.25) is 9.48 Å². The standard InChI is InChI=1S/C13H23BrN4O/c1-10(8-18-9-11(14)7-17-18)15-5-6-16-12(19)13(2,3)4/h7,9-10,15H,5-6,8H2,1-4H3,(H,16,19). The number of hydrogen-bond donors (Lipinski definition) is 2. The molecule has 0 saturated heterocycles. The van der Waals surface area contributed by atoms with Crippen LogP contribution in [0.15, 0.2) is 16.9 Å². The maximum absolute atomic E-state index is 11.6. The lowest BCUT2D eigenvalue weighted by Crippen LogP contribution is -2.41. The van der Waals surface area contributed by atoms with Crippen LogP contribution in [0.3, 0.4) is 0 Å². The monoisotopic (exact) mass is 330 g/mol. The second-order valence-corrected chi connectivity index (χ2v) is 6.66. The van der Waals surface area contributed by atoms with E-state index in [4.69, 9.17) is 0 Å². The van der Waals surface area contributed by atoms with E-state index in [2.05, 4.69) is 38.6 Å². The number of carbonyl (C=O) groups is 1. The number of hydrogen-bond acceptors (Lipinski definition) is 3. The summed E-state index contributed by atoms with van der Waals surface area (Å²) in [7, 11) is 0. The Morgan fingerprint density at radius 3 is 2.68 bits per heavy atom. The molecular formula is C13H23BrN4O. The third-order valence-electron chi connectivity index (χ3n) is 2.65. The van der Waals surface area contributed by atoms with Gasteiger partial charge in [-0.1, -0.05) is 20.8 Å². The Morgan fingerprint density at radius 1 is 1.47 bits per heavy atom. The van der Waals surface area contributed by atoms with Gasteiger partial charge in [0.15, 0.2) is 0 Å². The smallest absolute Gasteiger partial charge is 0.225 e. The molecule has 1 aromatic rings. The van der Waals surface area contributed by atoms with Crippen molar-refractivity contribution in [2.75, 3.05) is 13.1 Å². The molecule has 5 nitrogen and oxygen atoms in total. The molecule has 0 aliphatic rings. The molecule has 0 bridgehead atoms. The van der Waals surface area contributed by atoms with Crippen LogP contribution < -0.4 is 10.6 Å². The number of nitrogens with zero attached hydrogens (tertiary/aromatic N) is 2. The van der Waals surface area contributed by atoms with E-state index in [1.807, 2.05) is 31.6 Å². The van der Waals surface area contributed by atoms with E-state index in [0.29, 0.717) is 12.6 Å². The fraction of sp³-hybridized carbons (Fsp3) is 0.692. The normalized spacial score (nSPS) is 13.3. The molecule has 0 aromatic carbocycles. The highest BCUT2D eigenvalue weighted by Crippen LogP contribution is 2.11. The number of amides is 1. The van der Waals surface area contributed by atoms with E-state index >= 15 is 0 Å². The molecule has 0 saturated carbocycles. The third kappa shape index (κ3) is 6.20. The first-order valence-corrected chi connectivity index (χ1v) is 7.28. The molecule has 108 valence electrons. The van der Waals surface area contributed by atoms with E-state index in [1.165, 1.54) is 0 Å². The van der Waals surface area contributed by atoms with Crippen molar-refractivity contribution in [1.82, 2.24) is 20.4 Å². The quantitative estimate of drug-likeness (QED) is 0.782. The van der Waals surface area contributed by atoms with Crippen LogP contribution in [-0.4, -0.2) is 34.8 Å². The maximum atomic E-state index is 11.6. The van der Waals surface area contributed by atoms with Crippen LogP contribution in [0.25, 0.3) is 0 Å². The van der Waals surface area contributed by atoms with E-state index in [0.717, 1.165) is 17.6 Å². The van der Waals surface area contributed by atoms with Gasteiger partial charge in [0.25, 0.3) is 0 Å². The fourth-order valence-corrected chi connectivity index (χ4v) is 1.87. The Labute approximate surface area is 123 Å². The largest absolute Gasteiger partial charge is 0.354 e. The zero-order valence-corrected chi connectivity index (χ0v) is 13.6. The first-order valence-electron chi connectivity index (χ1n) is 6.48. The molecule has 0 aliphatic carbocycles. The molecule has 1 atom stereocenters. The lowest BCUT2D eigenvalue weighted by molar-refractivity contribution is -0.128. The molecule has 1 amide bonds. The number of rotatable bonds is 6. The summed E-state index contributed by atoms with van der Waals surface area (Å²) in [5.41, 5.74) is -0.326. The Hall–Kier alpha value is -0.880. The molecule has 1 aromatic heterocycles. The summed E-state index contributed by atoms with van der Waals surface area (Å²) >= 11 is 3.37. The van der Waals surface area contributed by atoms with Crippen molar-refractivity contribution in [1.29, 1.82) is 0 Å². The molecule has 19 heavy (non-hydrogen) atoms. The molecular weight excluding hydrogens is 308 g/mol. The van der Waals surface area contributed by atoms with E-state index < -0.39 is 0 Å². The topological polar surface area (TPSA) is 59.0 Å². The summed E-state index contributed by atoms with van der Waals surface area (Å²) in [5.74, 6) is 0.0814. The summed E-state index contributed by atoms with van der Waals surface area (Å²) < 4.78 is 2.87. The summed E-state index contributed by atoms with van der Waals surface area (Å²) in [6, 6.07) is 0.304. The molecule has 0 spiro atoms. The van der Waals surface area contributed by atoms with Crippen molar-refractivity contribution in [3.63, 3.8) is 0 Å². The van der Waals surface area contributed by atoms with E-state index in [-0.39, 0.29) is 11.3 Å². The van der Waals surface area contributed by atoms with Gasteiger partial charge >= 0.3 is 0 Å². The average Bonchev–Trinajstić information content (AvgIpc) is 2.68. The fourth-order valence-electron chi connectivity index (χ4n) is 1.54. The summed E-state index contributed by atoms with van der Waals surface area (Å²) in [6.07, 6.45) is 3.72. The van der Waals surface area contributed by atoms with E-state index in [1.54, 1.807) is 6.20 Å². The van der Waals surface area contributed by atoms with Crippen LogP contribution >= 0.6 is 15.9 Å². The van der Waals surface area contributed by atoms with Crippen molar-refractivity contribution in [3.05, 3.63) is 16.9 Å². The molecule has 2 N–H and O–H groups in total. The second-order valence-electron chi connectivity index (χ2n) is 5.74. The summed E-state index contributed by atoms with van der Waals surface area (Å²) in [5, 5.41) is 10.5. The van der Waals surface area contributed by atoms with Crippen LogP contribution in [-0.2, 0) is 11.3 Å². The van der Waals surface area contributed by atoms with Gasteiger partial charge in [-0.2, -0.15) is 5.10 Å². The maximum Gasteiger partial charge on any atom is 0.225 e. The van der Waals surface area contributed by atoms with Crippen molar-refractivity contribution in [2.45, 2.75) is 40.3 Å². The Morgan fingerprint density at radius 2 is 2.16 bits per heavy atom. The zero-order chi connectivity index (χ0) is 14.5. The van der Waals surface area contributed by atoms with Gasteiger partial charge in [0, 0.05) is 30.7 Å². The molecule has 1 rings (SSSR count). The van der Waals surface area contributed by atoms with Gasteiger partial charge in [-0.25, -0.2) is 0 Å². The zero-order valence-electron chi connectivity index (χ0n) is 12.0. The number of nitrogens with one attached hydrogen (secondary N) is 2. The van der Waals surface area contributed by atoms with Gasteiger partial charge in [0.05, 0.1) is 17.2 Å². The Balaban J connectivity index is 2.17. The molecule has 1 heterocycles. The predicted molar refractivity (Wildman–Crippen MR) is 79.9 cm³/mol. The van der Waals surface area contributed by atoms with E-state index in [9.17, 15) is 4.79 Å².